The van der Waals surface area contributed by atoms with Crippen molar-refractivity contribution in [2.45, 2.75) is 19.3 Å². The monoisotopic (exact) mass is 402 g/mol. The Bertz CT molecular complexity index is 859. The van der Waals surface area contributed by atoms with E-state index in [2.05, 4.69) is 5.32 Å². The number of nitrogens with one attached hydrogen (secondary N) is 1. The van der Waals surface area contributed by atoms with Gasteiger partial charge in [-0.3, -0.25) is 9.59 Å². The smallest absolute Gasteiger partial charge is 0.271 e. The highest BCUT2D eigenvalue weighted by atomic mass is 35.5. The number of hydrogen-bond acceptors (Lipinski definition) is 2. The van der Waals surface area contributed by atoms with Crippen molar-refractivity contribution in [1.82, 2.24) is 10.2 Å². The second kappa shape index (κ2) is 9.07. The predicted octanol–water partition coefficient (Wildman–Crippen LogP) is 4.69. The molecule has 1 saturated heterocycles. The molecule has 2 amide bonds. The Morgan fingerprint density at radius 1 is 0.889 bits per heavy atom. The van der Waals surface area contributed by atoms with E-state index >= 15 is 0 Å². The lowest BCUT2D eigenvalue weighted by atomic mass is 10.1. The Morgan fingerprint density at radius 2 is 1.52 bits per heavy atom. The van der Waals surface area contributed by atoms with Crippen molar-refractivity contribution in [2.75, 3.05) is 13.1 Å². The second-order valence-corrected chi connectivity index (χ2v) is 7.13. The Balaban J connectivity index is 1.98. The molecule has 27 heavy (non-hydrogen) atoms. The van der Waals surface area contributed by atoms with Gasteiger partial charge in [-0.25, -0.2) is 0 Å². The SMILES string of the molecule is O=C(N/C(C(=O)N1CCCCC1)=C(/Cl)c1ccccc1Cl)c1ccccc1. The van der Waals surface area contributed by atoms with Crippen LogP contribution >= 0.6 is 23.2 Å². The Labute approximate surface area is 168 Å². The van der Waals surface area contributed by atoms with E-state index in [0.717, 1.165) is 19.3 Å². The van der Waals surface area contributed by atoms with Gasteiger partial charge < -0.3 is 10.2 Å². The van der Waals surface area contributed by atoms with Crippen molar-refractivity contribution < 1.29 is 9.59 Å². The van der Waals surface area contributed by atoms with E-state index in [4.69, 9.17) is 23.2 Å². The van der Waals surface area contributed by atoms with E-state index < -0.39 is 0 Å². The first-order valence-electron chi connectivity index (χ1n) is 8.88. The molecule has 0 aliphatic carbocycles. The zero-order valence-corrected chi connectivity index (χ0v) is 16.3. The van der Waals surface area contributed by atoms with Gasteiger partial charge in [-0.15, -0.1) is 0 Å². The molecule has 2 aromatic rings. The Kier molecular flexibility index (Phi) is 6.54. The first-order valence-corrected chi connectivity index (χ1v) is 9.64. The number of carbonyl (C=O) groups excluding carboxylic acids is 2. The summed E-state index contributed by atoms with van der Waals surface area (Å²) in [6, 6.07) is 15.7. The Morgan fingerprint density at radius 3 is 2.19 bits per heavy atom. The van der Waals surface area contributed by atoms with Crippen LogP contribution in [-0.2, 0) is 4.79 Å². The van der Waals surface area contributed by atoms with Crippen molar-refractivity contribution in [3.05, 3.63) is 76.4 Å². The third-order valence-electron chi connectivity index (χ3n) is 4.46. The summed E-state index contributed by atoms with van der Waals surface area (Å²) in [6.07, 6.45) is 2.97. The molecular formula is C21H20Cl2N2O2. The molecule has 0 spiro atoms. The molecule has 0 bridgehead atoms. The summed E-state index contributed by atoms with van der Waals surface area (Å²) in [5.41, 5.74) is 1.01. The maximum Gasteiger partial charge on any atom is 0.271 e. The summed E-state index contributed by atoms with van der Waals surface area (Å²) in [6.45, 7) is 1.30. The predicted molar refractivity (Wildman–Crippen MR) is 109 cm³/mol. The van der Waals surface area contributed by atoms with Crippen LogP contribution in [0.25, 0.3) is 5.03 Å². The van der Waals surface area contributed by atoms with Crippen molar-refractivity contribution in [3.8, 4) is 0 Å². The number of rotatable bonds is 4. The van der Waals surface area contributed by atoms with Gasteiger partial charge in [-0.05, 0) is 37.5 Å². The molecule has 1 heterocycles. The van der Waals surface area contributed by atoms with Gasteiger partial charge in [0.1, 0.15) is 5.70 Å². The molecule has 1 N–H and O–H groups in total. The molecule has 0 saturated carbocycles. The quantitative estimate of drug-likeness (QED) is 0.753. The molecule has 0 unspecified atom stereocenters. The van der Waals surface area contributed by atoms with Crippen LogP contribution in [0.2, 0.25) is 5.02 Å². The van der Waals surface area contributed by atoms with Gasteiger partial charge in [0.25, 0.3) is 11.8 Å². The van der Waals surface area contributed by atoms with Gasteiger partial charge in [-0.2, -0.15) is 0 Å². The molecule has 140 valence electrons. The molecule has 1 aliphatic heterocycles. The molecule has 1 aliphatic rings. The minimum atomic E-state index is -0.388. The summed E-state index contributed by atoms with van der Waals surface area (Å²) in [5.74, 6) is -0.676. The third kappa shape index (κ3) is 4.71. The average molecular weight is 403 g/mol. The third-order valence-corrected chi connectivity index (χ3v) is 5.18. The fourth-order valence-electron chi connectivity index (χ4n) is 3.01. The minimum absolute atomic E-state index is 0.0560. The number of carbonyl (C=O) groups is 2. The fraction of sp³-hybridized carbons (Fsp3) is 0.238. The molecule has 0 atom stereocenters. The van der Waals surface area contributed by atoms with Gasteiger partial charge in [0, 0.05) is 29.2 Å². The van der Waals surface area contributed by atoms with Crippen LogP contribution in [0.1, 0.15) is 35.2 Å². The average Bonchev–Trinajstić information content (AvgIpc) is 2.72. The highest BCUT2D eigenvalue weighted by molar-refractivity contribution is 6.52. The molecule has 0 aromatic heterocycles. The normalized spacial score (nSPS) is 15.1. The van der Waals surface area contributed by atoms with Gasteiger partial charge >= 0.3 is 0 Å². The highest BCUT2D eigenvalue weighted by Crippen LogP contribution is 2.30. The summed E-state index contributed by atoms with van der Waals surface area (Å²) >= 11 is 12.8. The minimum Gasteiger partial charge on any atom is -0.337 e. The van der Waals surface area contributed by atoms with Crippen LogP contribution in [0.4, 0.5) is 0 Å². The van der Waals surface area contributed by atoms with E-state index in [9.17, 15) is 9.59 Å². The zero-order chi connectivity index (χ0) is 19.2. The fourth-order valence-corrected chi connectivity index (χ4v) is 3.58. The molecule has 2 aromatic carbocycles. The molecular weight excluding hydrogens is 383 g/mol. The lowest BCUT2D eigenvalue weighted by Crippen LogP contribution is -2.41. The molecule has 4 nitrogen and oxygen atoms in total. The van der Waals surface area contributed by atoms with Crippen LogP contribution in [0.3, 0.4) is 0 Å². The first-order chi connectivity index (χ1) is 13.1. The number of halogens is 2. The van der Waals surface area contributed by atoms with E-state index in [1.54, 1.807) is 53.4 Å². The van der Waals surface area contributed by atoms with Crippen LogP contribution in [0, 0.1) is 0 Å². The standard InChI is InChI=1S/C21H20Cl2N2O2/c22-17-12-6-5-11-16(17)18(23)19(21(27)25-13-7-2-8-14-25)24-20(26)15-9-3-1-4-10-15/h1,3-6,9-12H,2,7-8,13-14H2,(H,24,26)/b19-18+. The van der Waals surface area contributed by atoms with Crippen LogP contribution in [0.15, 0.2) is 60.3 Å². The maximum absolute atomic E-state index is 13.1. The first kappa shape index (κ1) is 19.5. The Hall–Kier alpha value is -2.30. The van der Waals surface area contributed by atoms with E-state index in [0.29, 0.717) is 29.2 Å². The number of piperidine rings is 1. The largest absolute Gasteiger partial charge is 0.337 e. The highest BCUT2D eigenvalue weighted by Gasteiger charge is 2.26. The van der Waals surface area contributed by atoms with Gasteiger partial charge in [0.15, 0.2) is 0 Å². The summed E-state index contributed by atoms with van der Waals surface area (Å²) < 4.78 is 0. The van der Waals surface area contributed by atoms with E-state index in [-0.39, 0.29) is 22.5 Å². The second-order valence-electron chi connectivity index (χ2n) is 6.34. The van der Waals surface area contributed by atoms with Crippen LogP contribution in [0.5, 0.6) is 0 Å². The van der Waals surface area contributed by atoms with Crippen molar-refractivity contribution >= 4 is 40.0 Å². The van der Waals surface area contributed by atoms with Crippen LogP contribution in [-0.4, -0.2) is 29.8 Å². The number of hydrogen-bond donors (Lipinski definition) is 1. The van der Waals surface area contributed by atoms with Crippen molar-refractivity contribution in [2.24, 2.45) is 0 Å². The summed E-state index contributed by atoms with van der Waals surface area (Å²) in [5, 5.41) is 3.27. The topological polar surface area (TPSA) is 49.4 Å². The van der Waals surface area contributed by atoms with E-state index in [1.165, 1.54) is 0 Å². The van der Waals surface area contributed by atoms with Crippen molar-refractivity contribution in [1.29, 1.82) is 0 Å². The molecule has 6 heteroatoms. The zero-order valence-electron chi connectivity index (χ0n) is 14.8. The van der Waals surface area contributed by atoms with Crippen molar-refractivity contribution in [3.63, 3.8) is 0 Å². The summed E-state index contributed by atoms with van der Waals surface area (Å²) in [7, 11) is 0. The number of likely N-dealkylation sites (tertiary alicyclic amines) is 1. The molecule has 0 radical (unpaired) electrons. The van der Waals surface area contributed by atoms with E-state index in [1.807, 2.05) is 6.07 Å². The number of benzene rings is 2. The lowest BCUT2D eigenvalue weighted by Gasteiger charge is -2.28. The number of amides is 2. The lowest BCUT2D eigenvalue weighted by molar-refractivity contribution is -0.128. The molecule has 3 rings (SSSR count). The molecule has 1 fully saturated rings. The van der Waals surface area contributed by atoms with Crippen LogP contribution < -0.4 is 5.32 Å². The van der Waals surface area contributed by atoms with Gasteiger partial charge in [0.2, 0.25) is 0 Å². The number of nitrogens with zero attached hydrogens (tertiary/aromatic N) is 1. The van der Waals surface area contributed by atoms with Gasteiger partial charge in [0.05, 0.1) is 5.03 Å². The maximum atomic E-state index is 13.1. The van der Waals surface area contributed by atoms with Gasteiger partial charge in [-0.1, -0.05) is 59.6 Å². The summed E-state index contributed by atoms with van der Waals surface area (Å²) in [4.78, 5) is 27.5.